The highest BCUT2D eigenvalue weighted by Crippen LogP contribution is 2.25. The van der Waals surface area contributed by atoms with Crippen molar-refractivity contribution in [2.24, 2.45) is 0 Å². The van der Waals surface area contributed by atoms with Crippen LogP contribution in [0.3, 0.4) is 0 Å². The monoisotopic (exact) mass is 354 g/mol. The summed E-state index contributed by atoms with van der Waals surface area (Å²) < 4.78 is 29.8. The molecule has 2 aromatic rings. The molecule has 0 saturated carbocycles. The van der Waals surface area contributed by atoms with E-state index in [4.69, 9.17) is 16.3 Å². The highest BCUT2D eigenvalue weighted by Gasteiger charge is 2.30. The van der Waals surface area contributed by atoms with E-state index in [-0.39, 0.29) is 11.5 Å². The highest BCUT2D eigenvalue weighted by atomic mass is 35.5. The molecule has 0 spiro atoms. The van der Waals surface area contributed by atoms with Gasteiger partial charge in [-0.3, -0.25) is 0 Å². The molecule has 0 unspecified atom stereocenters. The van der Waals surface area contributed by atoms with E-state index in [2.05, 4.69) is 0 Å². The Morgan fingerprint density at radius 3 is 2.17 bits per heavy atom. The van der Waals surface area contributed by atoms with Crippen LogP contribution >= 0.6 is 11.6 Å². The molecule has 4 nitrogen and oxygen atoms in total. The average Bonchev–Trinajstić information content (AvgIpc) is 2.47. The third kappa shape index (κ3) is 4.96. The molecule has 1 N–H and O–H groups in total. The first-order chi connectivity index (χ1) is 10.7. The van der Waals surface area contributed by atoms with Gasteiger partial charge in [0.25, 0.3) is 0 Å². The fraction of sp³-hybridized carbons (Fsp3) is 0.294. The van der Waals surface area contributed by atoms with Crippen LogP contribution in [-0.4, -0.2) is 26.4 Å². The summed E-state index contributed by atoms with van der Waals surface area (Å²) >= 11 is 5.82. The summed E-state index contributed by atoms with van der Waals surface area (Å²) in [5.74, 6) is 0.160. The minimum Gasteiger partial charge on any atom is -0.497 e. The summed E-state index contributed by atoms with van der Waals surface area (Å²) in [6.45, 7) is 1.49. The summed E-state index contributed by atoms with van der Waals surface area (Å²) in [7, 11) is -1.94. The van der Waals surface area contributed by atoms with Crippen molar-refractivity contribution in [3.63, 3.8) is 0 Å². The summed E-state index contributed by atoms with van der Waals surface area (Å²) in [5, 5.41) is 11.1. The molecule has 2 aromatic carbocycles. The number of ether oxygens (including phenoxy) is 1. The van der Waals surface area contributed by atoms with Gasteiger partial charge >= 0.3 is 0 Å². The van der Waals surface area contributed by atoms with Crippen LogP contribution in [0.15, 0.2) is 48.5 Å². The molecule has 2 rings (SSSR count). The van der Waals surface area contributed by atoms with E-state index in [1.807, 2.05) is 0 Å². The Bertz CT molecular complexity index is 750. The average molecular weight is 355 g/mol. The Hall–Kier alpha value is -1.56. The molecule has 1 atom stereocenters. The van der Waals surface area contributed by atoms with E-state index in [1.165, 1.54) is 6.92 Å². The summed E-state index contributed by atoms with van der Waals surface area (Å²) in [6.07, 6.45) is 0. The second kappa shape index (κ2) is 6.91. The van der Waals surface area contributed by atoms with Crippen molar-refractivity contribution in [3.8, 4) is 5.75 Å². The van der Waals surface area contributed by atoms with Crippen molar-refractivity contribution in [1.29, 1.82) is 0 Å². The SMILES string of the molecule is COc1ccc(CS(=O)(=O)C[C@](C)(O)c2ccc(Cl)cc2)cc1. The molecule has 0 amide bonds. The zero-order valence-electron chi connectivity index (χ0n) is 13.0. The number of aliphatic hydroxyl groups is 1. The van der Waals surface area contributed by atoms with Gasteiger partial charge in [-0.25, -0.2) is 8.42 Å². The smallest absolute Gasteiger partial charge is 0.157 e. The van der Waals surface area contributed by atoms with Gasteiger partial charge in [-0.05, 0) is 42.3 Å². The zero-order chi connectivity index (χ0) is 17.1. The molecule has 23 heavy (non-hydrogen) atoms. The van der Waals surface area contributed by atoms with E-state index in [9.17, 15) is 13.5 Å². The van der Waals surface area contributed by atoms with Gasteiger partial charge in [-0.2, -0.15) is 0 Å². The molecule has 6 heteroatoms. The van der Waals surface area contributed by atoms with Crippen LogP contribution in [0.1, 0.15) is 18.1 Å². The maximum Gasteiger partial charge on any atom is 0.157 e. The Balaban J connectivity index is 2.14. The molecule has 124 valence electrons. The topological polar surface area (TPSA) is 63.6 Å². The lowest BCUT2D eigenvalue weighted by Crippen LogP contribution is -2.31. The van der Waals surface area contributed by atoms with Gasteiger partial charge in [-0.15, -0.1) is 0 Å². The zero-order valence-corrected chi connectivity index (χ0v) is 14.6. The largest absolute Gasteiger partial charge is 0.497 e. The quantitative estimate of drug-likeness (QED) is 0.865. The predicted molar refractivity (Wildman–Crippen MR) is 91.5 cm³/mol. The molecule has 0 saturated heterocycles. The van der Waals surface area contributed by atoms with Crippen molar-refractivity contribution in [3.05, 3.63) is 64.7 Å². The Labute approximate surface area is 141 Å². The first-order valence-electron chi connectivity index (χ1n) is 7.04. The molecular formula is C17H19ClO4S. The van der Waals surface area contributed by atoms with Crippen LogP contribution in [0.4, 0.5) is 0 Å². The number of benzene rings is 2. The summed E-state index contributed by atoms with van der Waals surface area (Å²) in [4.78, 5) is 0. The molecular weight excluding hydrogens is 336 g/mol. The van der Waals surface area contributed by atoms with Crippen molar-refractivity contribution < 1.29 is 18.3 Å². The Morgan fingerprint density at radius 1 is 1.09 bits per heavy atom. The van der Waals surface area contributed by atoms with Crippen LogP contribution in [0, 0.1) is 0 Å². The maximum absolute atomic E-state index is 12.4. The second-order valence-electron chi connectivity index (χ2n) is 5.66. The number of sulfone groups is 1. The van der Waals surface area contributed by atoms with Crippen LogP contribution in [-0.2, 0) is 21.2 Å². The Kier molecular flexibility index (Phi) is 5.34. The number of methoxy groups -OCH3 is 1. The van der Waals surface area contributed by atoms with Gasteiger partial charge in [0, 0.05) is 5.02 Å². The minimum absolute atomic E-state index is 0.138. The molecule has 0 aliphatic rings. The van der Waals surface area contributed by atoms with Gasteiger partial charge in [-0.1, -0.05) is 35.9 Å². The van der Waals surface area contributed by atoms with Crippen molar-refractivity contribution in [1.82, 2.24) is 0 Å². The number of halogens is 1. The predicted octanol–water partition coefficient (Wildman–Crippen LogP) is 3.17. The molecule has 0 bridgehead atoms. The van der Waals surface area contributed by atoms with Crippen molar-refractivity contribution >= 4 is 21.4 Å². The van der Waals surface area contributed by atoms with Crippen LogP contribution in [0.25, 0.3) is 0 Å². The maximum atomic E-state index is 12.4. The first-order valence-corrected chi connectivity index (χ1v) is 9.23. The molecule has 0 heterocycles. The van der Waals surface area contributed by atoms with E-state index in [0.29, 0.717) is 21.9 Å². The number of rotatable bonds is 6. The normalized spacial score (nSPS) is 14.3. The van der Waals surface area contributed by atoms with Gasteiger partial charge < -0.3 is 9.84 Å². The first kappa shape index (κ1) is 17.8. The van der Waals surface area contributed by atoms with E-state index < -0.39 is 15.4 Å². The second-order valence-corrected chi connectivity index (χ2v) is 8.16. The van der Waals surface area contributed by atoms with Crippen molar-refractivity contribution in [2.75, 3.05) is 12.9 Å². The fourth-order valence-electron chi connectivity index (χ4n) is 2.35. The number of hydrogen-bond acceptors (Lipinski definition) is 4. The molecule has 0 radical (unpaired) electrons. The van der Waals surface area contributed by atoms with Crippen LogP contribution in [0.5, 0.6) is 5.75 Å². The summed E-state index contributed by atoms with van der Waals surface area (Å²) in [5.41, 5.74) is -0.312. The van der Waals surface area contributed by atoms with Crippen LogP contribution in [0.2, 0.25) is 5.02 Å². The standard InChI is InChI=1S/C17H19ClO4S/c1-17(19,14-5-7-15(18)8-6-14)12-23(20,21)11-13-3-9-16(22-2)10-4-13/h3-10,19H,11-12H2,1-2H3/t17-/m0/s1. The molecule has 0 aromatic heterocycles. The molecule has 0 aliphatic carbocycles. The van der Waals surface area contributed by atoms with Crippen molar-refractivity contribution in [2.45, 2.75) is 18.3 Å². The lowest BCUT2D eigenvalue weighted by atomic mass is 9.98. The molecule has 0 aliphatic heterocycles. The Morgan fingerprint density at radius 2 is 1.65 bits per heavy atom. The third-order valence-electron chi connectivity index (χ3n) is 3.51. The fourth-order valence-corrected chi connectivity index (χ4v) is 4.30. The summed E-state index contributed by atoms with van der Waals surface area (Å²) in [6, 6.07) is 13.3. The van der Waals surface area contributed by atoms with Crippen LogP contribution < -0.4 is 4.74 Å². The van der Waals surface area contributed by atoms with E-state index in [0.717, 1.165) is 0 Å². The van der Waals surface area contributed by atoms with E-state index in [1.54, 1.807) is 55.6 Å². The van der Waals surface area contributed by atoms with Gasteiger partial charge in [0.2, 0.25) is 0 Å². The van der Waals surface area contributed by atoms with E-state index >= 15 is 0 Å². The molecule has 0 fully saturated rings. The van der Waals surface area contributed by atoms with Gasteiger partial charge in [0.15, 0.2) is 9.84 Å². The van der Waals surface area contributed by atoms with Gasteiger partial charge in [0.05, 0.1) is 18.6 Å². The lowest BCUT2D eigenvalue weighted by Gasteiger charge is -2.23. The van der Waals surface area contributed by atoms with Gasteiger partial charge in [0.1, 0.15) is 11.4 Å². The number of hydrogen-bond donors (Lipinski definition) is 1. The highest BCUT2D eigenvalue weighted by molar-refractivity contribution is 7.90. The lowest BCUT2D eigenvalue weighted by molar-refractivity contribution is 0.0819. The third-order valence-corrected chi connectivity index (χ3v) is 5.54. The minimum atomic E-state index is -3.49.